The molecule has 0 aliphatic carbocycles. The highest BCUT2D eigenvalue weighted by molar-refractivity contribution is 6.00. The number of ketones is 1. The minimum absolute atomic E-state index is 0.240. The summed E-state index contributed by atoms with van der Waals surface area (Å²) in [6.45, 7) is 16.8. The first-order valence-corrected chi connectivity index (χ1v) is 22.0. The second kappa shape index (κ2) is 21.0. The summed E-state index contributed by atoms with van der Waals surface area (Å²) in [5.74, 6) is -4.91. The van der Waals surface area contributed by atoms with Crippen molar-refractivity contribution < 1.29 is 52.4 Å². The van der Waals surface area contributed by atoms with E-state index in [0.29, 0.717) is 31.6 Å². The molecule has 0 spiro atoms. The molecule has 5 heterocycles. The quantitative estimate of drug-likeness (QED) is 0.0923. The van der Waals surface area contributed by atoms with Crippen molar-refractivity contribution in [3.05, 3.63) is 37.1 Å². The monoisotopic (exact) mass is 884 g/mol. The Morgan fingerprint density at radius 2 is 1.83 bits per heavy atom. The molecule has 2 aromatic rings. The fourth-order valence-corrected chi connectivity index (χ4v) is 9.73. The van der Waals surface area contributed by atoms with Crippen LogP contribution in [-0.4, -0.2) is 143 Å². The standard InChI is InChI=1S/C45H69N7O11/c1-14-35-45(9)39(52(43(56)63-45)48-19-16-20-51-24-33(47-25-51)32-17-15-18-46-23-32)28(4)36(49-58-13)26(2)22-44(8,57-12)40(29(5)37(54)30(6)41(55)61-35)62-42-38(60-31(7)53)34(50(10)11)21-27(3)59-42/h15,17-18,23-30,34-35,38-40,42,48H,14,16,19-22H2,1-13H3/t26-,27-,28+,29+,30-,34+,35-,38-,39+,40-,42+,44-,45-/m1/s1. The molecule has 0 bridgehead atoms. The van der Waals surface area contributed by atoms with E-state index >= 15 is 0 Å². The second-order valence-corrected chi connectivity index (χ2v) is 17.9. The number of aromatic nitrogens is 3. The first-order chi connectivity index (χ1) is 29.8. The van der Waals surface area contributed by atoms with Crippen molar-refractivity contribution in [3.63, 3.8) is 0 Å². The number of nitrogens with one attached hydrogen (secondary N) is 1. The Kier molecular flexibility index (Phi) is 16.5. The molecular formula is C45H69N7O11. The first kappa shape index (κ1) is 49.5. The Morgan fingerprint density at radius 3 is 2.44 bits per heavy atom. The summed E-state index contributed by atoms with van der Waals surface area (Å²) >= 11 is 0. The number of imidazole rings is 1. The van der Waals surface area contributed by atoms with Gasteiger partial charge in [-0.25, -0.2) is 20.2 Å². The highest BCUT2D eigenvalue weighted by atomic mass is 16.7. The number of hydrogen-bond donors (Lipinski definition) is 1. The molecule has 3 saturated heterocycles. The number of amides is 1. The summed E-state index contributed by atoms with van der Waals surface area (Å²) in [5.41, 5.74) is 2.96. The van der Waals surface area contributed by atoms with Gasteiger partial charge in [0, 0.05) is 69.0 Å². The highest BCUT2D eigenvalue weighted by Gasteiger charge is 2.60. The summed E-state index contributed by atoms with van der Waals surface area (Å²) in [4.78, 5) is 71.5. The highest BCUT2D eigenvalue weighted by Crippen LogP contribution is 2.43. The normalized spacial score (nSPS) is 35.2. The predicted octanol–water partition coefficient (Wildman–Crippen LogP) is 5.05. The molecule has 5 rings (SSSR count). The molecule has 63 heavy (non-hydrogen) atoms. The maximum Gasteiger partial charge on any atom is 0.425 e. The Balaban J connectivity index is 1.50. The summed E-state index contributed by atoms with van der Waals surface area (Å²) < 4.78 is 39.9. The van der Waals surface area contributed by atoms with Gasteiger partial charge in [0.1, 0.15) is 25.2 Å². The van der Waals surface area contributed by atoms with Crippen LogP contribution in [0.25, 0.3) is 11.3 Å². The van der Waals surface area contributed by atoms with Crippen LogP contribution in [0, 0.1) is 23.7 Å². The fraction of sp³-hybridized carbons (Fsp3) is 0.711. The summed E-state index contributed by atoms with van der Waals surface area (Å²) in [6, 6.07) is 2.77. The average molecular weight is 884 g/mol. The zero-order chi connectivity index (χ0) is 46.4. The number of cyclic esters (lactones) is 1. The van der Waals surface area contributed by atoms with E-state index < -0.39 is 89.3 Å². The average Bonchev–Trinajstić information content (AvgIpc) is 3.82. The lowest BCUT2D eigenvalue weighted by Gasteiger charge is -2.48. The number of nitrogens with zero attached hydrogens (tertiary/aromatic N) is 6. The summed E-state index contributed by atoms with van der Waals surface area (Å²) in [7, 11) is 6.78. The van der Waals surface area contributed by atoms with E-state index in [2.05, 4.69) is 20.5 Å². The van der Waals surface area contributed by atoms with Crippen LogP contribution in [0.4, 0.5) is 4.79 Å². The van der Waals surface area contributed by atoms with Crippen molar-refractivity contribution in [2.24, 2.45) is 28.8 Å². The molecule has 1 amide bonds. The molecule has 0 aromatic carbocycles. The Bertz CT molecular complexity index is 1910. The van der Waals surface area contributed by atoms with E-state index in [1.807, 2.05) is 76.5 Å². The smallest absolute Gasteiger partial charge is 0.425 e. The third-order valence-corrected chi connectivity index (χ3v) is 13.0. The lowest BCUT2D eigenvalue weighted by atomic mass is 9.73. The van der Waals surface area contributed by atoms with Gasteiger partial charge in [-0.1, -0.05) is 32.9 Å². The maximum atomic E-state index is 14.6. The number of carbonyl (C=O) groups excluding carboxylic acids is 4. The van der Waals surface area contributed by atoms with Gasteiger partial charge in [-0.15, -0.1) is 0 Å². The Hall–Kier alpha value is -4.49. The van der Waals surface area contributed by atoms with Crippen molar-refractivity contribution in [1.82, 2.24) is 29.9 Å². The van der Waals surface area contributed by atoms with Gasteiger partial charge in [0.25, 0.3) is 0 Å². The number of pyridine rings is 1. The molecule has 3 aliphatic heterocycles. The van der Waals surface area contributed by atoms with Crippen LogP contribution in [-0.2, 0) is 54.2 Å². The van der Waals surface area contributed by atoms with E-state index in [1.165, 1.54) is 33.1 Å². The van der Waals surface area contributed by atoms with Gasteiger partial charge in [-0.2, -0.15) is 0 Å². The van der Waals surface area contributed by atoms with Crippen molar-refractivity contribution in [2.45, 2.75) is 149 Å². The molecule has 18 heteroatoms. The topological polar surface area (TPSA) is 194 Å². The number of fused-ring (bicyclic) bond motifs is 1. The number of esters is 2. The molecule has 13 atom stereocenters. The minimum atomic E-state index is -1.40. The zero-order valence-corrected chi connectivity index (χ0v) is 39.2. The van der Waals surface area contributed by atoms with E-state index in [9.17, 15) is 19.2 Å². The number of likely N-dealkylation sites (N-methyl/N-ethyl adjacent to an activating group) is 1. The molecule has 3 aliphatic rings. The maximum absolute atomic E-state index is 14.6. The number of Topliss-reactive ketones (excluding diaryl/α,β-unsaturated/α-hetero) is 1. The van der Waals surface area contributed by atoms with E-state index in [4.69, 9.17) is 33.3 Å². The lowest BCUT2D eigenvalue weighted by Crippen LogP contribution is -2.61. The van der Waals surface area contributed by atoms with E-state index in [-0.39, 0.29) is 25.0 Å². The minimum Gasteiger partial charge on any atom is -0.458 e. The SMILES string of the molecule is CC[C@H]1OC(=O)[C@H](C)C(=O)[C@H](C)[C@@H](O[C@@H]2O[C@H](C)C[C@H](N(C)C)[C@H]2OC(C)=O)[C@](C)(OC)C[C@@H](C)C(=NOC)[C@H](C)[C@@H]2N(NCCCn3cnc(-c4cccnc4)c3)C(=O)O[C@@]21C. The molecule has 2 aromatic heterocycles. The van der Waals surface area contributed by atoms with Crippen molar-refractivity contribution in [2.75, 3.05) is 34.9 Å². The largest absolute Gasteiger partial charge is 0.458 e. The molecule has 0 saturated carbocycles. The van der Waals surface area contributed by atoms with Crippen LogP contribution in [0.2, 0.25) is 0 Å². The number of carbonyl (C=O) groups is 4. The molecule has 3 fully saturated rings. The first-order valence-electron chi connectivity index (χ1n) is 22.0. The molecule has 0 unspecified atom stereocenters. The van der Waals surface area contributed by atoms with E-state index in [0.717, 1.165) is 11.3 Å². The lowest BCUT2D eigenvalue weighted by molar-refractivity contribution is -0.297. The second-order valence-electron chi connectivity index (χ2n) is 17.9. The van der Waals surface area contributed by atoms with Crippen LogP contribution in [0.5, 0.6) is 0 Å². The number of hydrazine groups is 1. The van der Waals surface area contributed by atoms with Crippen LogP contribution in [0.1, 0.15) is 88.0 Å². The van der Waals surface area contributed by atoms with Gasteiger partial charge in [-0.3, -0.25) is 19.4 Å². The van der Waals surface area contributed by atoms with Crippen molar-refractivity contribution >= 4 is 29.5 Å². The van der Waals surface area contributed by atoms with Crippen LogP contribution >= 0.6 is 0 Å². The predicted molar refractivity (Wildman–Crippen MR) is 232 cm³/mol. The number of hydrogen-bond acceptors (Lipinski definition) is 16. The molecule has 18 nitrogen and oxygen atoms in total. The van der Waals surface area contributed by atoms with E-state index in [1.54, 1.807) is 32.6 Å². The van der Waals surface area contributed by atoms with Gasteiger partial charge >= 0.3 is 18.0 Å². The van der Waals surface area contributed by atoms with Crippen LogP contribution in [0.3, 0.4) is 0 Å². The Labute approximate surface area is 371 Å². The number of aryl methyl sites for hydroxylation is 1. The zero-order valence-electron chi connectivity index (χ0n) is 39.2. The van der Waals surface area contributed by atoms with Gasteiger partial charge < -0.3 is 42.7 Å². The van der Waals surface area contributed by atoms with Crippen molar-refractivity contribution in [3.8, 4) is 11.3 Å². The number of ether oxygens (including phenoxy) is 6. The third kappa shape index (κ3) is 10.9. The van der Waals surface area contributed by atoms with Crippen LogP contribution in [0.15, 0.2) is 42.2 Å². The molecular weight excluding hydrogens is 815 g/mol. The molecule has 0 radical (unpaired) electrons. The van der Waals surface area contributed by atoms with Gasteiger partial charge in [0.2, 0.25) is 0 Å². The summed E-state index contributed by atoms with van der Waals surface area (Å²) in [5, 5.41) is 6.06. The Morgan fingerprint density at radius 1 is 1.10 bits per heavy atom. The molecule has 350 valence electrons. The third-order valence-electron chi connectivity index (χ3n) is 13.0. The molecule has 1 N–H and O–H groups in total. The summed E-state index contributed by atoms with van der Waals surface area (Å²) in [6.07, 6.45) is 4.01. The number of rotatable bonds is 13. The van der Waals surface area contributed by atoms with Crippen LogP contribution < -0.4 is 5.43 Å². The number of oxime groups is 1. The van der Waals surface area contributed by atoms with Gasteiger partial charge in [0.15, 0.2) is 23.8 Å². The van der Waals surface area contributed by atoms with Crippen molar-refractivity contribution in [1.29, 1.82) is 0 Å². The fourth-order valence-electron chi connectivity index (χ4n) is 9.73. The van der Waals surface area contributed by atoms with Gasteiger partial charge in [0.05, 0.1) is 41.6 Å². The van der Waals surface area contributed by atoms with Gasteiger partial charge in [-0.05, 0) is 79.6 Å². The number of methoxy groups -OCH3 is 1.